The number of nitrogens with zero attached hydrogens (tertiary/aromatic N) is 6. The van der Waals surface area contributed by atoms with E-state index < -0.39 is 5.54 Å². The molecule has 29 heavy (non-hydrogen) atoms. The van der Waals surface area contributed by atoms with E-state index in [0.29, 0.717) is 5.95 Å². The summed E-state index contributed by atoms with van der Waals surface area (Å²) in [7, 11) is 1.83. The fourth-order valence-electron chi connectivity index (χ4n) is 4.68. The van der Waals surface area contributed by atoms with Crippen LogP contribution in [0, 0.1) is 0 Å². The van der Waals surface area contributed by atoms with Crippen LogP contribution in [0.25, 0.3) is 17.3 Å². The Bertz CT molecular complexity index is 1060. The first-order valence-corrected chi connectivity index (χ1v) is 10.2. The number of hydrogen-bond donors (Lipinski definition) is 0. The Hall–Kier alpha value is -3.22. The van der Waals surface area contributed by atoms with Gasteiger partial charge in [0.05, 0.1) is 6.20 Å². The van der Waals surface area contributed by atoms with Gasteiger partial charge in [-0.05, 0) is 25.7 Å². The maximum Gasteiger partial charge on any atom is 0.252 e. The Kier molecular flexibility index (Phi) is 4.12. The molecule has 2 aliphatic rings. The second-order valence-corrected chi connectivity index (χ2v) is 7.72. The molecule has 4 heterocycles. The van der Waals surface area contributed by atoms with Crippen molar-refractivity contribution < 1.29 is 4.79 Å². The van der Waals surface area contributed by atoms with Crippen molar-refractivity contribution in [2.45, 2.75) is 38.1 Å². The van der Waals surface area contributed by atoms with Crippen LogP contribution in [-0.2, 0) is 4.79 Å². The Morgan fingerprint density at radius 2 is 1.97 bits per heavy atom. The minimum absolute atomic E-state index is 0.149. The number of rotatable bonds is 3. The lowest BCUT2D eigenvalue weighted by atomic mass is 9.81. The highest BCUT2D eigenvalue weighted by molar-refractivity contribution is 6.07. The van der Waals surface area contributed by atoms with Crippen LogP contribution in [0.3, 0.4) is 0 Å². The van der Waals surface area contributed by atoms with Crippen molar-refractivity contribution in [1.29, 1.82) is 0 Å². The van der Waals surface area contributed by atoms with E-state index in [9.17, 15) is 4.79 Å². The van der Waals surface area contributed by atoms with Crippen LogP contribution in [0.5, 0.6) is 0 Å². The largest absolute Gasteiger partial charge is 0.340 e. The lowest BCUT2D eigenvalue weighted by molar-refractivity contribution is -0.124. The minimum Gasteiger partial charge on any atom is -0.340 e. The Labute approximate surface area is 170 Å². The molecule has 2 aliphatic heterocycles. The summed E-state index contributed by atoms with van der Waals surface area (Å²) in [6.07, 6.45) is 9.18. The summed E-state index contributed by atoms with van der Waals surface area (Å²) < 4.78 is 1.91. The van der Waals surface area contributed by atoms with Gasteiger partial charge in [0, 0.05) is 31.5 Å². The van der Waals surface area contributed by atoms with E-state index in [2.05, 4.69) is 21.8 Å². The maximum atomic E-state index is 13.2. The number of benzene rings is 1. The molecule has 7 nitrogen and oxygen atoms in total. The van der Waals surface area contributed by atoms with Crippen LogP contribution in [0.4, 0.5) is 11.5 Å². The van der Waals surface area contributed by atoms with Crippen molar-refractivity contribution in [3.63, 3.8) is 0 Å². The molecule has 148 valence electrons. The zero-order chi connectivity index (χ0) is 20.0. The first kappa shape index (κ1) is 17.8. The van der Waals surface area contributed by atoms with Gasteiger partial charge in [0.1, 0.15) is 17.1 Å². The summed E-state index contributed by atoms with van der Waals surface area (Å²) >= 11 is 0. The van der Waals surface area contributed by atoms with Gasteiger partial charge in [0.15, 0.2) is 5.82 Å². The zero-order valence-electron chi connectivity index (χ0n) is 16.7. The number of fused-ring (bicyclic) bond motifs is 3. The third-order valence-electron chi connectivity index (χ3n) is 6.27. The van der Waals surface area contributed by atoms with Crippen molar-refractivity contribution in [3.8, 4) is 17.3 Å². The Morgan fingerprint density at radius 3 is 2.76 bits per heavy atom. The number of likely N-dealkylation sites (N-methyl/N-ethyl adjacent to an activating group) is 1. The summed E-state index contributed by atoms with van der Waals surface area (Å²) in [6, 6.07) is 10.0. The summed E-state index contributed by atoms with van der Waals surface area (Å²) in [5, 5.41) is 0. The number of carbonyl (C=O) groups excluding carboxylic acids is 1. The Morgan fingerprint density at radius 1 is 1.14 bits per heavy atom. The average molecular weight is 388 g/mol. The van der Waals surface area contributed by atoms with Crippen LogP contribution >= 0.6 is 0 Å². The smallest absolute Gasteiger partial charge is 0.252 e. The Balaban J connectivity index is 1.65. The number of amides is 1. The molecule has 7 heteroatoms. The van der Waals surface area contributed by atoms with Gasteiger partial charge in [-0.3, -0.25) is 9.36 Å². The fraction of sp³-hybridized carbons (Fsp3) is 0.364. The van der Waals surface area contributed by atoms with Crippen molar-refractivity contribution in [3.05, 3.63) is 48.9 Å². The van der Waals surface area contributed by atoms with Crippen molar-refractivity contribution in [2.75, 3.05) is 23.4 Å². The van der Waals surface area contributed by atoms with Crippen LogP contribution in [0.1, 0.15) is 32.6 Å². The molecule has 1 atom stereocenters. The molecule has 3 aromatic rings. The van der Waals surface area contributed by atoms with E-state index in [1.165, 1.54) is 0 Å². The number of carbonyl (C=O) groups is 1. The van der Waals surface area contributed by atoms with Gasteiger partial charge in [0.25, 0.3) is 5.91 Å². The minimum atomic E-state index is -0.497. The highest BCUT2D eigenvalue weighted by Crippen LogP contribution is 2.44. The fourth-order valence-corrected chi connectivity index (χ4v) is 4.68. The molecule has 1 saturated heterocycles. The molecule has 5 rings (SSSR count). The van der Waals surface area contributed by atoms with Crippen LogP contribution in [0.15, 0.2) is 48.9 Å². The normalized spacial score (nSPS) is 21.1. The molecule has 1 amide bonds. The molecule has 0 unspecified atom stereocenters. The van der Waals surface area contributed by atoms with Gasteiger partial charge in [-0.1, -0.05) is 37.3 Å². The molecule has 0 radical (unpaired) electrons. The van der Waals surface area contributed by atoms with Gasteiger partial charge in [-0.25, -0.2) is 9.97 Å². The van der Waals surface area contributed by atoms with E-state index in [1.807, 2.05) is 48.1 Å². The number of aromatic nitrogens is 4. The van der Waals surface area contributed by atoms with Gasteiger partial charge in [0.2, 0.25) is 5.95 Å². The van der Waals surface area contributed by atoms with E-state index in [-0.39, 0.29) is 5.91 Å². The molecule has 1 aromatic carbocycles. The summed E-state index contributed by atoms with van der Waals surface area (Å²) in [5.74, 6) is 2.35. The van der Waals surface area contributed by atoms with E-state index in [4.69, 9.17) is 4.98 Å². The molecule has 2 aromatic heterocycles. The topological polar surface area (TPSA) is 67.2 Å². The van der Waals surface area contributed by atoms with Crippen molar-refractivity contribution in [2.24, 2.45) is 0 Å². The zero-order valence-corrected chi connectivity index (χ0v) is 16.7. The number of hydrogen-bond acceptors (Lipinski definition) is 5. The average Bonchev–Trinajstić information content (AvgIpc) is 3.27. The monoisotopic (exact) mass is 388 g/mol. The second-order valence-electron chi connectivity index (χ2n) is 7.72. The SMILES string of the molecule is CC[C@@]12CCCCN1c1nc(-n3ccnc3-c3ccccc3)ncc1N(C)C2=O. The molecule has 1 fully saturated rings. The van der Waals surface area contributed by atoms with Gasteiger partial charge >= 0.3 is 0 Å². The first-order chi connectivity index (χ1) is 14.2. The molecular weight excluding hydrogens is 364 g/mol. The molecule has 0 aliphatic carbocycles. The number of imidazole rings is 1. The standard InChI is InChI=1S/C22H24N6O/c1-3-22-11-7-8-13-28(22)19-17(26(2)20(22)29)15-24-21(25-19)27-14-12-23-18(27)16-9-5-4-6-10-16/h4-6,9-10,12,14-15H,3,7-8,11,13H2,1-2H3/t22-/m0/s1. The highest BCUT2D eigenvalue weighted by atomic mass is 16.2. The van der Waals surface area contributed by atoms with E-state index >= 15 is 0 Å². The highest BCUT2D eigenvalue weighted by Gasteiger charge is 2.51. The maximum absolute atomic E-state index is 13.2. The van der Waals surface area contributed by atoms with Crippen LogP contribution in [-0.4, -0.2) is 44.6 Å². The predicted octanol–water partition coefficient (Wildman–Crippen LogP) is 3.44. The van der Waals surface area contributed by atoms with Gasteiger partial charge in [-0.2, -0.15) is 4.98 Å². The second kappa shape index (κ2) is 6.69. The molecule has 0 bridgehead atoms. The molecular formula is C22H24N6O. The van der Waals surface area contributed by atoms with E-state index in [0.717, 1.165) is 55.1 Å². The first-order valence-electron chi connectivity index (χ1n) is 10.2. The van der Waals surface area contributed by atoms with Gasteiger partial charge in [-0.15, -0.1) is 0 Å². The quantitative estimate of drug-likeness (QED) is 0.688. The number of piperidine rings is 1. The molecule has 0 saturated carbocycles. The van der Waals surface area contributed by atoms with Crippen molar-refractivity contribution in [1.82, 2.24) is 19.5 Å². The lowest BCUT2D eigenvalue weighted by Crippen LogP contribution is -2.64. The van der Waals surface area contributed by atoms with Gasteiger partial charge < -0.3 is 9.80 Å². The lowest BCUT2D eigenvalue weighted by Gasteiger charge is -2.51. The van der Waals surface area contributed by atoms with Crippen molar-refractivity contribution >= 4 is 17.4 Å². The molecule has 0 spiro atoms. The third-order valence-corrected chi connectivity index (χ3v) is 6.27. The predicted molar refractivity (Wildman–Crippen MR) is 112 cm³/mol. The van der Waals surface area contributed by atoms with Crippen LogP contribution in [0.2, 0.25) is 0 Å². The summed E-state index contributed by atoms with van der Waals surface area (Å²) in [5.41, 5.74) is 1.28. The summed E-state index contributed by atoms with van der Waals surface area (Å²) in [6.45, 7) is 2.94. The van der Waals surface area contributed by atoms with Crippen LogP contribution < -0.4 is 9.80 Å². The van der Waals surface area contributed by atoms with E-state index in [1.54, 1.807) is 17.3 Å². The number of anilines is 2. The molecule has 0 N–H and O–H groups in total. The summed E-state index contributed by atoms with van der Waals surface area (Å²) in [4.78, 5) is 31.2. The third kappa shape index (κ3) is 2.57.